The van der Waals surface area contributed by atoms with Gasteiger partial charge in [0.1, 0.15) is 0 Å². The zero-order chi connectivity index (χ0) is 13.8. The molecule has 1 aliphatic heterocycles. The highest BCUT2D eigenvalue weighted by molar-refractivity contribution is 5.44. The van der Waals surface area contributed by atoms with Crippen molar-refractivity contribution in [1.82, 2.24) is 15.1 Å². The summed E-state index contributed by atoms with van der Waals surface area (Å²) in [5.41, 5.74) is 1.22. The summed E-state index contributed by atoms with van der Waals surface area (Å²) < 4.78 is 7.04. The van der Waals surface area contributed by atoms with Gasteiger partial charge >= 0.3 is 0 Å². The zero-order valence-corrected chi connectivity index (χ0v) is 12.5. The standard InChI is InChI=1S/C14H26N4O/c1-11(2)14-10-18(12(3)7-15-14)13-8-16-17(9-13)5-6-19-4/h8-9,11-12,14-15H,5-7,10H2,1-4H3. The fourth-order valence-electron chi connectivity index (χ4n) is 2.50. The van der Waals surface area contributed by atoms with Crippen LogP contribution in [0.1, 0.15) is 20.8 Å². The molecule has 0 radical (unpaired) electrons. The molecule has 2 heterocycles. The van der Waals surface area contributed by atoms with Gasteiger partial charge in [0.2, 0.25) is 0 Å². The van der Waals surface area contributed by atoms with Gasteiger partial charge in [0.15, 0.2) is 0 Å². The molecule has 19 heavy (non-hydrogen) atoms. The molecule has 1 aromatic heterocycles. The first kappa shape index (κ1) is 14.3. The van der Waals surface area contributed by atoms with Gasteiger partial charge in [-0.1, -0.05) is 13.8 Å². The van der Waals surface area contributed by atoms with Crippen LogP contribution >= 0.6 is 0 Å². The molecule has 5 heteroatoms. The van der Waals surface area contributed by atoms with Gasteiger partial charge in [-0.05, 0) is 12.8 Å². The van der Waals surface area contributed by atoms with Crippen LogP contribution in [0.5, 0.6) is 0 Å². The maximum absolute atomic E-state index is 5.09. The van der Waals surface area contributed by atoms with E-state index >= 15 is 0 Å². The molecule has 0 spiro atoms. The lowest BCUT2D eigenvalue weighted by Crippen LogP contribution is -2.57. The average Bonchev–Trinajstić information content (AvgIpc) is 2.85. The maximum atomic E-state index is 5.09. The van der Waals surface area contributed by atoms with Gasteiger partial charge in [-0.3, -0.25) is 4.68 Å². The molecule has 1 saturated heterocycles. The van der Waals surface area contributed by atoms with Gasteiger partial charge in [0.05, 0.1) is 25.0 Å². The van der Waals surface area contributed by atoms with E-state index < -0.39 is 0 Å². The minimum Gasteiger partial charge on any atom is -0.383 e. The fourth-order valence-corrected chi connectivity index (χ4v) is 2.50. The van der Waals surface area contributed by atoms with Crippen molar-refractivity contribution in [1.29, 1.82) is 0 Å². The predicted molar refractivity (Wildman–Crippen MR) is 77.5 cm³/mol. The van der Waals surface area contributed by atoms with Gasteiger partial charge < -0.3 is 15.0 Å². The Bertz CT molecular complexity index is 391. The van der Waals surface area contributed by atoms with E-state index in [1.165, 1.54) is 5.69 Å². The van der Waals surface area contributed by atoms with Gasteiger partial charge in [0.25, 0.3) is 0 Å². The highest BCUT2D eigenvalue weighted by atomic mass is 16.5. The van der Waals surface area contributed by atoms with Crippen molar-refractivity contribution in [2.45, 2.75) is 39.4 Å². The van der Waals surface area contributed by atoms with Crippen molar-refractivity contribution < 1.29 is 4.74 Å². The molecule has 0 saturated carbocycles. The van der Waals surface area contributed by atoms with Crippen molar-refractivity contribution in [3.05, 3.63) is 12.4 Å². The normalized spacial score (nSPS) is 24.2. The van der Waals surface area contributed by atoms with Crippen molar-refractivity contribution in [3.63, 3.8) is 0 Å². The van der Waals surface area contributed by atoms with Crippen LogP contribution in [0.3, 0.4) is 0 Å². The molecule has 2 atom stereocenters. The van der Waals surface area contributed by atoms with E-state index in [1.54, 1.807) is 7.11 Å². The minimum absolute atomic E-state index is 0.509. The van der Waals surface area contributed by atoms with Crippen LogP contribution in [0.2, 0.25) is 0 Å². The Morgan fingerprint density at radius 3 is 3.00 bits per heavy atom. The molecule has 2 rings (SSSR count). The Morgan fingerprint density at radius 2 is 2.32 bits per heavy atom. The van der Waals surface area contributed by atoms with Gasteiger partial charge in [-0.25, -0.2) is 0 Å². The number of piperazine rings is 1. The van der Waals surface area contributed by atoms with Crippen LogP contribution in [0.4, 0.5) is 5.69 Å². The minimum atomic E-state index is 0.509. The Labute approximate surface area is 115 Å². The summed E-state index contributed by atoms with van der Waals surface area (Å²) >= 11 is 0. The highest BCUT2D eigenvalue weighted by Gasteiger charge is 2.27. The van der Waals surface area contributed by atoms with E-state index in [0.717, 1.165) is 19.6 Å². The lowest BCUT2D eigenvalue weighted by atomic mass is 9.99. The first-order valence-corrected chi connectivity index (χ1v) is 7.13. The molecule has 5 nitrogen and oxygen atoms in total. The smallest absolute Gasteiger partial charge is 0.0755 e. The van der Waals surface area contributed by atoms with Crippen molar-refractivity contribution >= 4 is 5.69 Å². The Hall–Kier alpha value is -1.07. The van der Waals surface area contributed by atoms with E-state index in [0.29, 0.717) is 24.6 Å². The van der Waals surface area contributed by atoms with Crippen molar-refractivity contribution in [2.24, 2.45) is 5.92 Å². The van der Waals surface area contributed by atoms with E-state index in [1.807, 2.05) is 10.9 Å². The number of ether oxygens (including phenoxy) is 1. The summed E-state index contributed by atoms with van der Waals surface area (Å²) in [5.74, 6) is 0.651. The summed E-state index contributed by atoms with van der Waals surface area (Å²) in [6.45, 7) is 10.4. The monoisotopic (exact) mass is 266 g/mol. The highest BCUT2D eigenvalue weighted by Crippen LogP contribution is 2.21. The number of hydrogen-bond acceptors (Lipinski definition) is 4. The van der Waals surface area contributed by atoms with Gasteiger partial charge in [-0.2, -0.15) is 5.10 Å². The number of anilines is 1. The van der Waals surface area contributed by atoms with E-state index in [2.05, 4.69) is 42.3 Å². The summed E-state index contributed by atoms with van der Waals surface area (Å²) in [6.07, 6.45) is 4.09. The molecule has 0 amide bonds. The molecule has 1 fully saturated rings. The second-order valence-corrected chi connectivity index (χ2v) is 5.71. The van der Waals surface area contributed by atoms with Crippen LogP contribution < -0.4 is 10.2 Å². The molecule has 0 aliphatic carbocycles. The number of nitrogens with zero attached hydrogens (tertiary/aromatic N) is 3. The second-order valence-electron chi connectivity index (χ2n) is 5.71. The van der Waals surface area contributed by atoms with Crippen LogP contribution in [-0.4, -0.2) is 48.7 Å². The van der Waals surface area contributed by atoms with Crippen LogP contribution in [0.15, 0.2) is 12.4 Å². The fraction of sp³-hybridized carbons (Fsp3) is 0.786. The lowest BCUT2D eigenvalue weighted by Gasteiger charge is -2.41. The Balaban J connectivity index is 2.03. The van der Waals surface area contributed by atoms with Crippen LogP contribution in [-0.2, 0) is 11.3 Å². The summed E-state index contributed by atoms with van der Waals surface area (Å²) in [5, 5.41) is 8.03. The molecule has 0 aromatic carbocycles. The Kier molecular flexibility index (Phi) is 4.82. The third kappa shape index (κ3) is 3.48. The number of nitrogens with one attached hydrogen (secondary N) is 1. The quantitative estimate of drug-likeness (QED) is 0.873. The SMILES string of the molecule is COCCn1cc(N2CC(C(C)C)NCC2C)cn1. The van der Waals surface area contributed by atoms with E-state index in [-0.39, 0.29) is 0 Å². The molecular formula is C14H26N4O. The first-order chi connectivity index (χ1) is 9.11. The van der Waals surface area contributed by atoms with E-state index in [4.69, 9.17) is 4.74 Å². The summed E-state index contributed by atoms with van der Waals surface area (Å²) in [4.78, 5) is 2.46. The maximum Gasteiger partial charge on any atom is 0.0755 e. The molecule has 0 bridgehead atoms. The molecule has 1 N–H and O–H groups in total. The third-order valence-corrected chi connectivity index (χ3v) is 3.88. The van der Waals surface area contributed by atoms with Crippen molar-refractivity contribution in [3.8, 4) is 0 Å². The largest absolute Gasteiger partial charge is 0.383 e. The van der Waals surface area contributed by atoms with Crippen LogP contribution in [0, 0.1) is 5.92 Å². The van der Waals surface area contributed by atoms with Crippen LogP contribution in [0.25, 0.3) is 0 Å². The zero-order valence-electron chi connectivity index (χ0n) is 12.5. The number of rotatable bonds is 5. The van der Waals surface area contributed by atoms with Gasteiger partial charge in [-0.15, -0.1) is 0 Å². The summed E-state index contributed by atoms with van der Waals surface area (Å²) in [7, 11) is 1.72. The molecule has 108 valence electrons. The predicted octanol–water partition coefficient (Wildman–Crippen LogP) is 1.35. The molecular weight excluding hydrogens is 240 g/mol. The van der Waals surface area contributed by atoms with Gasteiger partial charge in [0, 0.05) is 38.5 Å². The molecule has 1 aliphatic rings. The lowest BCUT2D eigenvalue weighted by molar-refractivity contribution is 0.183. The number of hydrogen-bond donors (Lipinski definition) is 1. The first-order valence-electron chi connectivity index (χ1n) is 7.13. The third-order valence-electron chi connectivity index (χ3n) is 3.88. The summed E-state index contributed by atoms with van der Waals surface area (Å²) in [6, 6.07) is 1.06. The number of aromatic nitrogens is 2. The Morgan fingerprint density at radius 1 is 1.53 bits per heavy atom. The molecule has 2 unspecified atom stereocenters. The van der Waals surface area contributed by atoms with Crippen molar-refractivity contribution in [2.75, 3.05) is 31.7 Å². The topological polar surface area (TPSA) is 42.3 Å². The average molecular weight is 266 g/mol. The molecule has 1 aromatic rings. The number of methoxy groups -OCH3 is 1. The van der Waals surface area contributed by atoms with E-state index in [9.17, 15) is 0 Å². The second kappa shape index (κ2) is 6.39.